The molecule has 0 unspecified atom stereocenters. The summed E-state index contributed by atoms with van der Waals surface area (Å²) >= 11 is 0. The van der Waals surface area contributed by atoms with E-state index in [-0.39, 0.29) is 6.61 Å². The van der Waals surface area contributed by atoms with Crippen LogP contribution in [-0.2, 0) is 9.53 Å². The van der Waals surface area contributed by atoms with E-state index in [2.05, 4.69) is 4.99 Å². The Labute approximate surface area is 170 Å². The molecule has 2 atom stereocenters. The number of aliphatic hydroxyl groups excluding tert-OH is 1. The third-order valence-electron chi connectivity index (χ3n) is 4.90. The molecule has 0 aromatic heterocycles. The second-order valence-electron chi connectivity index (χ2n) is 6.93. The van der Waals surface area contributed by atoms with Gasteiger partial charge in [-0.2, -0.15) is 0 Å². The Balaban J connectivity index is 1.76. The molecule has 1 aliphatic heterocycles. The van der Waals surface area contributed by atoms with E-state index in [9.17, 15) is 4.79 Å². The van der Waals surface area contributed by atoms with Crippen molar-refractivity contribution in [1.29, 1.82) is 0 Å². The van der Waals surface area contributed by atoms with Crippen molar-refractivity contribution >= 4 is 17.9 Å². The molecule has 6 nitrogen and oxygen atoms in total. The summed E-state index contributed by atoms with van der Waals surface area (Å²) in [5.74, 6) is 0.578. The minimum Gasteiger partial charge on any atom is -0.494 e. The molecule has 0 saturated carbocycles. The number of rotatable bonds is 9. The molecule has 6 heteroatoms. The fraction of sp³-hybridized carbons (Fsp3) is 0.304. The number of primary amides is 1. The van der Waals surface area contributed by atoms with Gasteiger partial charge in [0.05, 0.1) is 6.61 Å². The molecule has 29 heavy (non-hydrogen) atoms. The number of ether oxygens (including phenoxy) is 2. The minimum absolute atomic E-state index is 0.0918. The van der Waals surface area contributed by atoms with Gasteiger partial charge in [-0.1, -0.05) is 42.5 Å². The normalized spacial score (nSPS) is 21.0. The average Bonchev–Trinajstić information content (AvgIpc) is 3.07. The number of aliphatic imine (C=N–C) groups is 1. The molecule has 2 aromatic rings. The molecule has 0 spiro atoms. The predicted octanol–water partition coefficient (Wildman–Crippen LogP) is 2.94. The molecular formula is C23H26N2O4. The fourth-order valence-corrected chi connectivity index (χ4v) is 3.15. The van der Waals surface area contributed by atoms with Crippen LogP contribution in [0.3, 0.4) is 0 Å². The van der Waals surface area contributed by atoms with Crippen LogP contribution in [0.25, 0.3) is 6.08 Å². The van der Waals surface area contributed by atoms with Crippen molar-refractivity contribution in [1.82, 2.24) is 0 Å². The number of aliphatic hydroxyl groups is 1. The van der Waals surface area contributed by atoms with E-state index in [1.165, 1.54) is 0 Å². The van der Waals surface area contributed by atoms with Gasteiger partial charge < -0.3 is 20.3 Å². The van der Waals surface area contributed by atoms with Gasteiger partial charge >= 0.3 is 0 Å². The maximum absolute atomic E-state index is 12.3. The fourth-order valence-electron chi connectivity index (χ4n) is 3.15. The smallest absolute Gasteiger partial charge is 0.249 e. The molecule has 152 valence electrons. The van der Waals surface area contributed by atoms with Crippen LogP contribution >= 0.6 is 0 Å². The maximum atomic E-state index is 12.3. The Morgan fingerprint density at radius 2 is 1.97 bits per heavy atom. The second kappa shape index (κ2) is 9.39. The number of benzene rings is 2. The Hall–Kier alpha value is -3.12. The van der Waals surface area contributed by atoms with E-state index in [4.69, 9.17) is 20.3 Å². The summed E-state index contributed by atoms with van der Waals surface area (Å²) < 4.78 is 11.4. The van der Waals surface area contributed by atoms with E-state index in [0.717, 1.165) is 11.1 Å². The van der Waals surface area contributed by atoms with Gasteiger partial charge in [-0.3, -0.25) is 4.79 Å². The van der Waals surface area contributed by atoms with E-state index < -0.39 is 17.6 Å². The first-order valence-corrected chi connectivity index (χ1v) is 9.67. The van der Waals surface area contributed by atoms with Gasteiger partial charge in [0.2, 0.25) is 11.8 Å². The molecule has 1 heterocycles. The summed E-state index contributed by atoms with van der Waals surface area (Å²) in [6.07, 6.45) is 4.31. The minimum atomic E-state index is -1.14. The van der Waals surface area contributed by atoms with Crippen molar-refractivity contribution in [3.63, 3.8) is 0 Å². The quantitative estimate of drug-likeness (QED) is 0.640. The van der Waals surface area contributed by atoms with Gasteiger partial charge in [0.1, 0.15) is 11.9 Å². The van der Waals surface area contributed by atoms with Crippen LogP contribution in [-0.4, -0.2) is 41.8 Å². The van der Waals surface area contributed by atoms with Crippen molar-refractivity contribution in [3.05, 3.63) is 71.8 Å². The zero-order valence-electron chi connectivity index (χ0n) is 16.5. The van der Waals surface area contributed by atoms with Crippen molar-refractivity contribution in [2.24, 2.45) is 10.7 Å². The van der Waals surface area contributed by atoms with Crippen LogP contribution in [0.15, 0.2) is 65.7 Å². The largest absolute Gasteiger partial charge is 0.494 e. The highest BCUT2D eigenvalue weighted by Crippen LogP contribution is 2.32. The third kappa shape index (κ3) is 4.84. The summed E-state index contributed by atoms with van der Waals surface area (Å²) in [6, 6.07) is 17.1. The molecule has 1 amide bonds. The van der Waals surface area contributed by atoms with Gasteiger partial charge in [0.25, 0.3) is 0 Å². The number of carbonyl (C=O) groups excluding carboxylic acids is 1. The highest BCUT2D eigenvalue weighted by Gasteiger charge is 2.48. The van der Waals surface area contributed by atoms with Crippen LogP contribution in [0.5, 0.6) is 5.75 Å². The van der Waals surface area contributed by atoms with Gasteiger partial charge in [-0.15, -0.1) is 0 Å². The zero-order chi connectivity index (χ0) is 20.7. The highest BCUT2D eigenvalue weighted by molar-refractivity contribution is 6.00. The van der Waals surface area contributed by atoms with Crippen molar-refractivity contribution in [2.75, 3.05) is 13.2 Å². The van der Waals surface area contributed by atoms with Crippen molar-refractivity contribution in [3.8, 4) is 5.75 Å². The van der Waals surface area contributed by atoms with Crippen LogP contribution < -0.4 is 10.5 Å². The monoisotopic (exact) mass is 394 g/mol. The van der Waals surface area contributed by atoms with E-state index in [1.807, 2.05) is 73.7 Å². The number of carbonyl (C=O) groups is 1. The van der Waals surface area contributed by atoms with Crippen molar-refractivity contribution < 1.29 is 19.4 Å². The van der Waals surface area contributed by atoms with Gasteiger partial charge in [0.15, 0.2) is 5.54 Å². The van der Waals surface area contributed by atoms with E-state index in [0.29, 0.717) is 31.1 Å². The Morgan fingerprint density at radius 3 is 2.62 bits per heavy atom. The molecule has 3 rings (SSSR count). The van der Waals surface area contributed by atoms with Crippen molar-refractivity contribution in [2.45, 2.75) is 31.4 Å². The van der Waals surface area contributed by atoms with Gasteiger partial charge in [-0.25, -0.2) is 4.99 Å². The average molecular weight is 394 g/mol. The second-order valence-corrected chi connectivity index (χ2v) is 6.93. The molecule has 0 fully saturated rings. The van der Waals surface area contributed by atoms with Crippen LogP contribution in [0.1, 0.15) is 30.9 Å². The molecule has 2 aromatic carbocycles. The number of amides is 1. The number of nitrogens with two attached hydrogens (primary N) is 1. The number of hydrogen-bond donors (Lipinski definition) is 2. The summed E-state index contributed by atoms with van der Waals surface area (Å²) in [5.41, 5.74) is 6.39. The molecular weight excluding hydrogens is 368 g/mol. The highest BCUT2D eigenvalue weighted by atomic mass is 16.5. The maximum Gasteiger partial charge on any atom is 0.249 e. The first-order valence-electron chi connectivity index (χ1n) is 9.67. The molecule has 0 bridgehead atoms. The van der Waals surface area contributed by atoms with E-state index >= 15 is 0 Å². The van der Waals surface area contributed by atoms with E-state index in [1.54, 1.807) is 0 Å². The predicted molar refractivity (Wildman–Crippen MR) is 113 cm³/mol. The lowest BCUT2D eigenvalue weighted by Gasteiger charge is -2.24. The SMILES string of the molecule is C[C@H]1OC(c2ccc(OCCCO)cc2)=N[C@@]1(C/C=C/c1ccccc1)C(N)=O. The van der Waals surface area contributed by atoms with Gasteiger partial charge in [-0.05, 0) is 36.8 Å². The van der Waals surface area contributed by atoms with Gasteiger partial charge in [0, 0.05) is 25.0 Å². The number of nitrogens with zero attached hydrogens (tertiary/aromatic N) is 1. The Morgan fingerprint density at radius 1 is 1.24 bits per heavy atom. The topological polar surface area (TPSA) is 94.1 Å². The Bertz CT molecular complexity index is 878. The molecule has 1 aliphatic rings. The molecule has 0 radical (unpaired) electrons. The first kappa shape index (κ1) is 20.6. The summed E-state index contributed by atoms with van der Waals surface area (Å²) in [5, 5.41) is 8.82. The Kier molecular flexibility index (Phi) is 6.67. The summed E-state index contributed by atoms with van der Waals surface area (Å²) in [6.45, 7) is 2.35. The number of hydrogen-bond acceptors (Lipinski definition) is 5. The van der Waals surface area contributed by atoms with Crippen LogP contribution in [0.2, 0.25) is 0 Å². The summed E-state index contributed by atoms with van der Waals surface area (Å²) in [4.78, 5) is 16.9. The molecule has 0 aliphatic carbocycles. The molecule has 3 N–H and O–H groups in total. The molecule has 0 saturated heterocycles. The van der Waals surface area contributed by atoms with Crippen LogP contribution in [0, 0.1) is 0 Å². The standard InChI is InChI=1S/C23H26N2O4/c1-17-23(22(24)27,14-5-9-18-7-3-2-4-8-18)25-21(29-17)19-10-12-20(13-11-19)28-16-6-15-26/h2-5,7-13,17,26H,6,14-16H2,1H3,(H2,24,27)/b9-5+/t17-,23-/m1/s1. The third-order valence-corrected chi connectivity index (χ3v) is 4.90. The lowest BCUT2D eigenvalue weighted by atomic mass is 9.89. The lowest BCUT2D eigenvalue weighted by Crippen LogP contribution is -2.48. The zero-order valence-corrected chi connectivity index (χ0v) is 16.5. The lowest BCUT2D eigenvalue weighted by molar-refractivity contribution is -0.125. The van der Waals surface area contributed by atoms with Crippen LogP contribution in [0.4, 0.5) is 0 Å². The summed E-state index contributed by atoms with van der Waals surface area (Å²) in [7, 11) is 0. The first-order chi connectivity index (χ1) is 14.0.